The molecule has 0 aliphatic heterocycles. The zero-order valence-electron chi connectivity index (χ0n) is 10.5. The fourth-order valence-corrected chi connectivity index (χ4v) is 1.84. The molecule has 19 heavy (non-hydrogen) atoms. The molecule has 0 unspecified atom stereocenters. The van der Waals surface area contributed by atoms with Crippen molar-refractivity contribution in [1.82, 2.24) is 10.5 Å². The summed E-state index contributed by atoms with van der Waals surface area (Å²) in [7, 11) is 0. The van der Waals surface area contributed by atoms with Gasteiger partial charge in [-0.1, -0.05) is 28.0 Å². The number of ether oxygens (including phenoxy) is 1. The third-order valence-electron chi connectivity index (χ3n) is 2.43. The zero-order valence-corrected chi connectivity index (χ0v) is 12.0. The Morgan fingerprint density at radius 3 is 3.05 bits per heavy atom. The van der Waals surface area contributed by atoms with Crippen molar-refractivity contribution in [2.45, 2.75) is 20.1 Å². The number of hydrogen-bond donors (Lipinski definition) is 1. The van der Waals surface area contributed by atoms with Gasteiger partial charge in [-0.2, -0.15) is 0 Å². The van der Waals surface area contributed by atoms with Crippen LogP contribution in [0.3, 0.4) is 0 Å². The van der Waals surface area contributed by atoms with E-state index in [0.717, 1.165) is 16.7 Å². The number of halogens is 2. The van der Waals surface area contributed by atoms with Gasteiger partial charge in [0.05, 0.1) is 5.69 Å². The molecule has 0 amide bonds. The number of rotatable bonds is 6. The summed E-state index contributed by atoms with van der Waals surface area (Å²) < 4.78 is 24.7. The summed E-state index contributed by atoms with van der Waals surface area (Å²) >= 11 is 3.26. The van der Waals surface area contributed by atoms with E-state index in [-0.39, 0.29) is 12.4 Å². The summed E-state index contributed by atoms with van der Waals surface area (Å²) in [4.78, 5) is 0. The lowest BCUT2D eigenvalue weighted by Crippen LogP contribution is -2.11. The lowest BCUT2D eigenvalue weighted by Gasteiger charge is -2.05. The lowest BCUT2D eigenvalue weighted by atomic mass is 10.3. The lowest BCUT2D eigenvalue weighted by molar-refractivity contribution is 0.239. The van der Waals surface area contributed by atoms with Crippen molar-refractivity contribution in [3.8, 4) is 5.75 Å². The minimum absolute atomic E-state index is 0.145. The molecule has 0 saturated heterocycles. The van der Waals surface area contributed by atoms with Crippen molar-refractivity contribution in [3.05, 3.63) is 46.0 Å². The van der Waals surface area contributed by atoms with Crippen LogP contribution in [0.4, 0.5) is 4.39 Å². The molecule has 1 N–H and O–H groups in total. The molecule has 1 heterocycles. The van der Waals surface area contributed by atoms with Crippen LogP contribution in [0.5, 0.6) is 5.75 Å². The minimum Gasteiger partial charge on any atom is -0.482 e. The van der Waals surface area contributed by atoms with Crippen molar-refractivity contribution in [3.63, 3.8) is 0 Å². The first-order chi connectivity index (χ1) is 9.19. The van der Waals surface area contributed by atoms with E-state index >= 15 is 0 Å². The Balaban J connectivity index is 1.94. The van der Waals surface area contributed by atoms with Gasteiger partial charge in [0.1, 0.15) is 6.61 Å². The van der Waals surface area contributed by atoms with Gasteiger partial charge in [0.2, 0.25) is 0 Å². The van der Waals surface area contributed by atoms with Crippen LogP contribution < -0.4 is 10.1 Å². The Kier molecular flexibility index (Phi) is 4.93. The monoisotopic (exact) mass is 328 g/mol. The molecule has 0 saturated carbocycles. The van der Waals surface area contributed by atoms with Gasteiger partial charge in [-0.25, -0.2) is 4.39 Å². The molecule has 6 heteroatoms. The van der Waals surface area contributed by atoms with E-state index in [0.29, 0.717) is 12.3 Å². The highest BCUT2D eigenvalue weighted by Gasteiger charge is 2.08. The minimum atomic E-state index is -0.407. The van der Waals surface area contributed by atoms with Crippen LogP contribution >= 0.6 is 15.9 Å². The predicted molar refractivity (Wildman–Crippen MR) is 72.3 cm³/mol. The summed E-state index contributed by atoms with van der Waals surface area (Å²) in [6, 6.07) is 6.32. The number of aromatic nitrogens is 1. The molecule has 2 rings (SSSR count). The Morgan fingerprint density at radius 2 is 2.26 bits per heavy atom. The maximum Gasteiger partial charge on any atom is 0.174 e. The number of nitrogens with one attached hydrogen (secondary N) is 1. The molecule has 0 bridgehead atoms. The third-order valence-corrected chi connectivity index (χ3v) is 2.92. The summed E-state index contributed by atoms with van der Waals surface area (Å²) in [6.07, 6.45) is 0. The van der Waals surface area contributed by atoms with Crippen LogP contribution in [0.15, 0.2) is 33.3 Å². The molecule has 0 spiro atoms. The van der Waals surface area contributed by atoms with Gasteiger partial charge >= 0.3 is 0 Å². The molecular formula is C13H14BrFN2O2. The van der Waals surface area contributed by atoms with E-state index in [1.807, 2.05) is 6.92 Å². The van der Waals surface area contributed by atoms with Crippen molar-refractivity contribution in [2.75, 3.05) is 6.54 Å². The molecule has 0 aliphatic rings. The smallest absolute Gasteiger partial charge is 0.174 e. The number of benzene rings is 1. The second kappa shape index (κ2) is 6.68. The van der Waals surface area contributed by atoms with Gasteiger partial charge in [0.25, 0.3) is 0 Å². The van der Waals surface area contributed by atoms with E-state index in [2.05, 4.69) is 26.4 Å². The molecule has 2 aromatic rings. The Bertz CT molecular complexity index is 545. The van der Waals surface area contributed by atoms with Gasteiger partial charge < -0.3 is 14.6 Å². The standard InChI is InChI=1S/C13H14BrFN2O2/c1-2-16-7-10-6-11(19-17-10)8-18-13-5-9(14)3-4-12(13)15/h3-6,16H,2,7-8H2,1H3. The van der Waals surface area contributed by atoms with Crippen LogP contribution in [-0.4, -0.2) is 11.7 Å². The third kappa shape index (κ3) is 4.04. The van der Waals surface area contributed by atoms with Crippen LogP contribution in [0, 0.1) is 5.82 Å². The largest absolute Gasteiger partial charge is 0.482 e. The Hall–Kier alpha value is -1.40. The van der Waals surface area contributed by atoms with Crippen molar-refractivity contribution in [2.24, 2.45) is 0 Å². The summed E-state index contributed by atoms with van der Waals surface area (Å²) in [5.41, 5.74) is 0.801. The van der Waals surface area contributed by atoms with Crippen molar-refractivity contribution >= 4 is 15.9 Å². The molecule has 0 fully saturated rings. The van der Waals surface area contributed by atoms with Crippen molar-refractivity contribution in [1.29, 1.82) is 0 Å². The second-order valence-electron chi connectivity index (χ2n) is 3.93. The van der Waals surface area contributed by atoms with E-state index in [9.17, 15) is 4.39 Å². The molecule has 4 nitrogen and oxygen atoms in total. The summed E-state index contributed by atoms with van der Waals surface area (Å²) in [6.45, 7) is 3.67. The number of hydrogen-bond acceptors (Lipinski definition) is 4. The van der Waals surface area contributed by atoms with E-state index in [1.54, 1.807) is 18.2 Å². The normalized spacial score (nSPS) is 10.7. The first-order valence-electron chi connectivity index (χ1n) is 5.92. The highest BCUT2D eigenvalue weighted by molar-refractivity contribution is 9.10. The molecular weight excluding hydrogens is 315 g/mol. The van der Waals surface area contributed by atoms with Gasteiger partial charge in [-0.05, 0) is 24.7 Å². The van der Waals surface area contributed by atoms with E-state index in [4.69, 9.17) is 9.26 Å². The zero-order chi connectivity index (χ0) is 13.7. The van der Waals surface area contributed by atoms with E-state index in [1.165, 1.54) is 6.07 Å². The van der Waals surface area contributed by atoms with Gasteiger partial charge in [-0.15, -0.1) is 0 Å². The molecule has 0 radical (unpaired) electrons. The first-order valence-corrected chi connectivity index (χ1v) is 6.71. The fourth-order valence-electron chi connectivity index (χ4n) is 1.50. The highest BCUT2D eigenvalue weighted by atomic mass is 79.9. The second-order valence-corrected chi connectivity index (χ2v) is 4.84. The maximum atomic E-state index is 13.4. The first kappa shape index (κ1) is 14.0. The van der Waals surface area contributed by atoms with Crippen molar-refractivity contribution < 1.29 is 13.7 Å². The maximum absolute atomic E-state index is 13.4. The topological polar surface area (TPSA) is 47.3 Å². The SMILES string of the molecule is CCNCc1cc(COc2cc(Br)ccc2F)on1. The Morgan fingerprint density at radius 1 is 1.42 bits per heavy atom. The van der Waals surface area contributed by atoms with Crippen LogP contribution in [0.1, 0.15) is 18.4 Å². The predicted octanol–water partition coefficient (Wildman–Crippen LogP) is 3.26. The van der Waals surface area contributed by atoms with Crippen LogP contribution in [-0.2, 0) is 13.2 Å². The van der Waals surface area contributed by atoms with Gasteiger partial charge in [-0.3, -0.25) is 0 Å². The molecule has 102 valence electrons. The average Bonchev–Trinajstić information content (AvgIpc) is 2.85. The summed E-state index contributed by atoms with van der Waals surface area (Å²) in [5, 5.41) is 7.02. The molecule has 1 aromatic carbocycles. The summed E-state index contributed by atoms with van der Waals surface area (Å²) in [5.74, 6) is 0.335. The van der Waals surface area contributed by atoms with Crippen LogP contribution in [0.25, 0.3) is 0 Å². The van der Waals surface area contributed by atoms with Gasteiger partial charge in [0, 0.05) is 17.1 Å². The highest BCUT2D eigenvalue weighted by Crippen LogP contribution is 2.23. The number of nitrogens with zero attached hydrogens (tertiary/aromatic N) is 1. The average molecular weight is 329 g/mol. The molecule has 0 atom stereocenters. The molecule has 0 aliphatic carbocycles. The molecule has 1 aromatic heterocycles. The van der Waals surface area contributed by atoms with Crippen LogP contribution in [0.2, 0.25) is 0 Å². The van der Waals surface area contributed by atoms with E-state index < -0.39 is 5.82 Å². The Labute approximate surface area is 119 Å². The quantitative estimate of drug-likeness (QED) is 0.884. The van der Waals surface area contributed by atoms with Gasteiger partial charge in [0.15, 0.2) is 17.3 Å². The fraction of sp³-hybridized carbons (Fsp3) is 0.308.